The summed E-state index contributed by atoms with van der Waals surface area (Å²) in [7, 11) is 0.502. The highest BCUT2D eigenvalue weighted by Crippen LogP contribution is 2.58. The first-order valence-electron chi connectivity index (χ1n) is 5.55. The second kappa shape index (κ2) is 3.30. The number of allylic oxidation sites excluding steroid dienone is 2. The Kier molecular flexibility index (Phi) is 2.86. The molecule has 0 atom stereocenters. The Morgan fingerprint density at radius 1 is 0.786 bits per heavy atom. The molecule has 0 nitrogen and oxygen atoms in total. The predicted octanol–water partition coefficient (Wildman–Crippen LogP) is 4.33. The van der Waals surface area contributed by atoms with Crippen molar-refractivity contribution in [2.75, 3.05) is 0 Å². The van der Waals surface area contributed by atoms with Crippen molar-refractivity contribution in [2.24, 2.45) is 10.8 Å². The van der Waals surface area contributed by atoms with Crippen molar-refractivity contribution in [2.45, 2.75) is 60.6 Å². The van der Waals surface area contributed by atoms with Crippen LogP contribution in [-0.2, 0) is 10.9 Å². The molecule has 0 radical (unpaired) electrons. The Hall–Kier alpha value is 0.0900. The van der Waals surface area contributed by atoms with E-state index >= 15 is 0 Å². The lowest BCUT2D eigenvalue weighted by atomic mass is 9.89. The molecule has 0 bridgehead atoms. The third-order valence-electron chi connectivity index (χ3n) is 2.44. The molecule has 0 aliphatic carbocycles. The summed E-state index contributed by atoms with van der Waals surface area (Å²) in [5.41, 5.74) is 0.770. The van der Waals surface area contributed by atoms with E-state index in [0.717, 1.165) is 5.25 Å². The van der Waals surface area contributed by atoms with Crippen molar-refractivity contribution in [1.82, 2.24) is 0 Å². The van der Waals surface area contributed by atoms with Crippen LogP contribution in [0.25, 0.3) is 0 Å². The predicted molar refractivity (Wildman–Crippen MR) is 68.4 cm³/mol. The van der Waals surface area contributed by atoms with Crippen LogP contribution in [0.4, 0.5) is 0 Å². The van der Waals surface area contributed by atoms with E-state index in [1.54, 1.807) is 9.81 Å². The van der Waals surface area contributed by atoms with Gasteiger partial charge in [-0.15, -0.1) is 0 Å². The van der Waals surface area contributed by atoms with E-state index in [1.165, 1.54) is 0 Å². The summed E-state index contributed by atoms with van der Waals surface area (Å²) in [5.74, 6) is 0. The molecule has 0 amide bonds. The molecule has 0 unspecified atom stereocenters. The van der Waals surface area contributed by atoms with Crippen LogP contribution in [0.1, 0.15) is 55.4 Å². The van der Waals surface area contributed by atoms with E-state index in [0.29, 0.717) is 21.7 Å². The summed E-state index contributed by atoms with van der Waals surface area (Å²) in [6, 6.07) is 0. The van der Waals surface area contributed by atoms with Crippen LogP contribution < -0.4 is 0 Å². The van der Waals surface area contributed by atoms with Crippen molar-refractivity contribution < 1.29 is 0 Å². The van der Waals surface area contributed by atoms with E-state index in [9.17, 15) is 0 Å². The first kappa shape index (κ1) is 12.2. The van der Waals surface area contributed by atoms with Crippen LogP contribution in [0.3, 0.4) is 0 Å². The second-order valence-electron chi connectivity index (χ2n) is 6.54. The van der Waals surface area contributed by atoms with Gasteiger partial charge in [-0.3, -0.25) is 0 Å². The van der Waals surface area contributed by atoms with Crippen LogP contribution in [-0.4, -0.2) is 5.25 Å². The molecule has 0 spiro atoms. The van der Waals surface area contributed by atoms with E-state index in [-0.39, 0.29) is 0 Å². The summed E-state index contributed by atoms with van der Waals surface area (Å²) < 4.78 is 0. The monoisotopic (exact) mass is 213 g/mol. The average Bonchev–Trinajstić information content (AvgIpc) is 2.54. The number of hydrogen-bond donors (Lipinski definition) is 0. The van der Waals surface area contributed by atoms with Crippen LogP contribution in [0.15, 0.2) is 9.81 Å². The SMILES string of the molecule is CC(C)[S+]1C(C(C)(C)C)=C1C(C)(C)C. The molecular formula is C13H25S+. The maximum atomic E-state index is 2.35. The Bertz CT molecular complexity index is 234. The fourth-order valence-electron chi connectivity index (χ4n) is 1.97. The molecule has 0 aromatic carbocycles. The highest BCUT2D eigenvalue weighted by Gasteiger charge is 2.62. The Morgan fingerprint density at radius 2 is 1.07 bits per heavy atom. The third-order valence-corrected chi connectivity index (χ3v) is 5.69. The molecule has 1 aliphatic rings. The van der Waals surface area contributed by atoms with Crippen LogP contribution in [0.2, 0.25) is 0 Å². The zero-order valence-electron chi connectivity index (χ0n) is 11.0. The first-order valence-corrected chi connectivity index (χ1v) is 6.84. The lowest BCUT2D eigenvalue weighted by molar-refractivity contribution is 0.502. The Labute approximate surface area is 92.5 Å². The van der Waals surface area contributed by atoms with Gasteiger partial charge >= 0.3 is 0 Å². The van der Waals surface area contributed by atoms with Gasteiger partial charge in [0.25, 0.3) is 0 Å². The molecule has 0 fully saturated rings. The number of rotatable bonds is 1. The van der Waals surface area contributed by atoms with Gasteiger partial charge in [-0.05, 0) is 13.8 Å². The largest absolute Gasteiger partial charge is 0.194 e. The second-order valence-corrected chi connectivity index (χ2v) is 8.98. The van der Waals surface area contributed by atoms with Gasteiger partial charge < -0.3 is 0 Å². The molecule has 0 aromatic heterocycles. The molecule has 82 valence electrons. The van der Waals surface area contributed by atoms with E-state index in [1.807, 2.05) is 0 Å². The quantitative estimate of drug-likeness (QED) is 0.569. The summed E-state index contributed by atoms with van der Waals surface area (Å²) in [4.78, 5) is 3.50. The maximum absolute atomic E-state index is 2.35. The van der Waals surface area contributed by atoms with Gasteiger partial charge in [-0.1, -0.05) is 41.5 Å². The van der Waals surface area contributed by atoms with Gasteiger partial charge in [0, 0.05) is 10.8 Å². The van der Waals surface area contributed by atoms with Crippen LogP contribution in [0, 0.1) is 10.8 Å². The molecule has 14 heavy (non-hydrogen) atoms. The van der Waals surface area contributed by atoms with Crippen LogP contribution >= 0.6 is 0 Å². The zero-order chi connectivity index (χ0) is 11.3. The van der Waals surface area contributed by atoms with Crippen molar-refractivity contribution in [3.63, 3.8) is 0 Å². The minimum Gasteiger partial charge on any atom is -0.0516 e. The summed E-state index contributed by atoms with van der Waals surface area (Å²) in [6.07, 6.45) is 0. The topological polar surface area (TPSA) is 0 Å². The van der Waals surface area contributed by atoms with Crippen molar-refractivity contribution >= 4 is 10.9 Å². The van der Waals surface area contributed by atoms with E-state index < -0.39 is 0 Å². The van der Waals surface area contributed by atoms with Gasteiger partial charge in [0.1, 0.15) is 5.25 Å². The smallest absolute Gasteiger partial charge is 0.0516 e. The van der Waals surface area contributed by atoms with Gasteiger partial charge in [-0.2, -0.15) is 0 Å². The maximum Gasteiger partial charge on any atom is 0.194 e. The molecule has 1 aliphatic heterocycles. The normalized spacial score (nSPS) is 19.5. The summed E-state index contributed by atoms with van der Waals surface area (Å²) in [6.45, 7) is 18.8. The Morgan fingerprint density at radius 3 is 1.14 bits per heavy atom. The number of hydrogen-bond acceptors (Lipinski definition) is 0. The molecule has 0 saturated carbocycles. The average molecular weight is 213 g/mol. The third kappa shape index (κ3) is 2.18. The van der Waals surface area contributed by atoms with Gasteiger partial charge in [-0.25, -0.2) is 0 Å². The fraction of sp³-hybridized carbons (Fsp3) is 0.846. The molecule has 0 aromatic rings. The summed E-state index contributed by atoms with van der Waals surface area (Å²) >= 11 is 0. The van der Waals surface area contributed by atoms with Crippen LogP contribution in [0.5, 0.6) is 0 Å². The minimum absolute atomic E-state index is 0.385. The van der Waals surface area contributed by atoms with Crippen molar-refractivity contribution in [3.05, 3.63) is 9.81 Å². The molecule has 1 heterocycles. The standard InChI is InChI=1S/C13H25S/c1-9(2)14-10(12(3,4)5)11(14)13(6,7)8/h9H,1-8H3/q+1. The highest BCUT2D eigenvalue weighted by atomic mass is 32.2. The minimum atomic E-state index is 0.385. The van der Waals surface area contributed by atoms with Gasteiger partial charge in [0.05, 0.1) is 10.9 Å². The van der Waals surface area contributed by atoms with Gasteiger partial charge in [0.2, 0.25) is 0 Å². The molecule has 1 rings (SSSR count). The van der Waals surface area contributed by atoms with Gasteiger partial charge in [0.15, 0.2) is 9.81 Å². The summed E-state index contributed by atoms with van der Waals surface area (Å²) in [5, 5.41) is 0.804. The zero-order valence-corrected chi connectivity index (χ0v) is 11.8. The first-order chi connectivity index (χ1) is 6.07. The van der Waals surface area contributed by atoms with E-state index in [4.69, 9.17) is 0 Å². The highest BCUT2D eigenvalue weighted by molar-refractivity contribution is 8.11. The molecule has 1 heteroatoms. The lowest BCUT2D eigenvalue weighted by Gasteiger charge is -2.09. The Balaban J connectivity index is 2.96. The fourth-order valence-corrected chi connectivity index (χ4v) is 5.31. The lowest BCUT2D eigenvalue weighted by Crippen LogP contribution is -2.12. The van der Waals surface area contributed by atoms with E-state index in [2.05, 4.69) is 55.4 Å². The van der Waals surface area contributed by atoms with Crippen molar-refractivity contribution in [1.29, 1.82) is 0 Å². The molecular weight excluding hydrogens is 188 g/mol. The molecule has 0 N–H and O–H groups in total. The molecule has 0 saturated heterocycles. The van der Waals surface area contributed by atoms with Crippen molar-refractivity contribution in [3.8, 4) is 0 Å².